The molecule has 1 N–H and O–H groups in total. The number of methoxy groups -OCH3 is 2. The van der Waals surface area contributed by atoms with Crippen molar-refractivity contribution < 1.29 is 19.1 Å². The normalized spacial score (nSPS) is 10.7. The van der Waals surface area contributed by atoms with Crippen molar-refractivity contribution in [2.45, 2.75) is 26.7 Å². The lowest BCUT2D eigenvalue weighted by atomic mass is 10.1. The number of ether oxygens (including phenoxy) is 2. The van der Waals surface area contributed by atoms with Crippen LogP contribution in [-0.2, 0) is 0 Å². The summed E-state index contributed by atoms with van der Waals surface area (Å²) in [6.45, 7) is 4.40. The van der Waals surface area contributed by atoms with E-state index in [0.29, 0.717) is 29.4 Å². The Morgan fingerprint density at radius 2 is 1.68 bits per heavy atom. The van der Waals surface area contributed by atoms with Gasteiger partial charge in [0, 0.05) is 24.5 Å². The Bertz CT molecular complexity index is 1030. The van der Waals surface area contributed by atoms with Gasteiger partial charge in [-0.1, -0.05) is 31.5 Å². The van der Waals surface area contributed by atoms with E-state index in [1.54, 1.807) is 25.2 Å². The number of anilines is 1. The third-order valence-electron chi connectivity index (χ3n) is 5.21. The van der Waals surface area contributed by atoms with Crippen LogP contribution in [0.2, 0.25) is 0 Å². The number of aromatic nitrogens is 1. The largest absolute Gasteiger partial charge is 0.494 e. The minimum absolute atomic E-state index is 0.357. The fourth-order valence-corrected chi connectivity index (χ4v) is 3.55. The van der Waals surface area contributed by atoms with Crippen LogP contribution in [0.5, 0.6) is 11.5 Å². The second-order valence-electron chi connectivity index (χ2n) is 7.44. The monoisotopic (exact) mass is 423 g/mol. The third-order valence-corrected chi connectivity index (χ3v) is 5.21. The molecule has 0 aliphatic carbocycles. The van der Waals surface area contributed by atoms with Gasteiger partial charge in [-0.25, -0.2) is 4.79 Å². The van der Waals surface area contributed by atoms with Gasteiger partial charge in [-0.15, -0.1) is 0 Å². The molecule has 3 aromatic rings. The number of hydrogen-bond donors (Lipinski definition) is 1. The maximum Gasteiger partial charge on any atom is 0.331 e. The number of carbonyl (C=O) groups is 2. The summed E-state index contributed by atoms with van der Waals surface area (Å²) in [7, 11) is 4.60. The molecular weight excluding hydrogens is 394 g/mol. The first-order chi connectivity index (χ1) is 14.9. The maximum atomic E-state index is 13.5. The molecule has 0 fully saturated rings. The first-order valence-corrected chi connectivity index (χ1v) is 10.3. The number of urea groups is 1. The zero-order chi connectivity index (χ0) is 22.5. The molecule has 0 radical (unpaired) electrons. The lowest BCUT2D eigenvalue weighted by Crippen LogP contribution is -2.45. The lowest BCUT2D eigenvalue weighted by molar-refractivity contribution is 0.0831. The van der Waals surface area contributed by atoms with Gasteiger partial charge in [0.2, 0.25) is 0 Å². The van der Waals surface area contributed by atoms with Gasteiger partial charge >= 0.3 is 6.03 Å². The number of benzene rings is 2. The van der Waals surface area contributed by atoms with Crippen LogP contribution in [0.3, 0.4) is 0 Å². The molecular formula is C24H29N3O4. The fraction of sp³-hybridized carbons (Fsp3) is 0.333. The molecule has 3 rings (SSSR count). The molecule has 0 aliphatic heterocycles. The summed E-state index contributed by atoms with van der Waals surface area (Å²) in [5.74, 6) is 0.633. The van der Waals surface area contributed by atoms with Gasteiger partial charge in [-0.05, 0) is 43.2 Å². The summed E-state index contributed by atoms with van der Waals surface area (Å²) >= 11 is 0. The number of rotatable bonds is 7. The molecule has 164 valence electrons. The van der Waals surface area contributed by atoms with E-state index in [1.807, 2.05) is 50.2 Å². The molecule has 0 atom stereocenters. The van der Waals surface area contributed by atoms with Gasteiger partial charge in [0.1, 0.15) is 22.9 Å². The Kier molecular flexibility index (Phi) is 6.84. The predicted molar refractivity (Wildman–Crippen MR) is 122 cm³/mol. The zero-order valence-electron chi connectivity index (χ0n) is 18.7. The third kappa shape index (κ3) is 4.50. The van der Waals surface area contributed by atoms with Crippen molar-refractivity contribution in [2.75, 3.05) is 32.7 Å². The number of carbonyl (C=O) groups excluding carboxylic acids is 2. The fourth-order valence-electron chi connectivity index (χ4n) is 3.55. The number of unbranched alkanes of at least 4 members (excludes halogenated alkanes) is 1. The maximum absolute atomic E-state index is 13.5. The molecule has 0 bridgehead atoms. The van der Waals surface area contributed by atoms with Gasteiger partial charge in [0.05, 0.1) is 14.2 Å². The van der Waals surface area contributed by atoms with Crippen LogP contribution in [0.25, 0.3) is 10.9 Å². The highest BCUT2D eigenvalue weighted by Gasteiger charge is 2.30. The lowest BCUT2D eigenvalue weighted by Gasteiger charge is -2.29. The van der Waals surface area contributed by atoms with Crippen molar-refractivity contribution in [3.63, 3.8) is 0 Å². The Hall–Kier alpha value is -3.48. The van der Waals surface area contributed by atoms with Crippen molar-refractivity contribution in [1.82, 2.24) is 9.88 Å². The number of aromatic amines is 1. The number of fused-ring (bicyclic) bond motifs is 1. The number of nitrogens with one attached hydrogen (secondary N) is 1. The van der Waals surface area contributed by atoms with Crippen molar-refractivity contribution in [3.8, 4) is 11.5 Å². The van der Waals surface area contributed by atoms with Crippen LogP contribution < -0.4 is 14.4 Å². The summed E-state index contributed by atoms with van der Waals surface area (Å²) in [4.78, 5) is 32.4. The Labute approximate surface area is 182 Å². The van der Waals surface area contributed by atoms with Crippen molar-refractivity contribution in [2.24, 2.45) is 0 Å². The van der Waals surface area contributed by atoms with E-state index in [-0.39, 0.29) is 0 Å². The second kappa shape index (κ2) is 9.55. The van der Waals surface area contributed by atoms with Crippen LogP contribution in [0.4, 0.5) is 10.5 Å². The first kappa shape index (κ1) is 22.2. The summed E-state index contributed by atoms with van der Waals surface area (Å²) < 4.78 is 11.1. The van der Waals surface area contributed by atoms with Crippen LogP contribution >= 0.6 is 0 Å². The average molecular weight is 424 g/mol. The summed E-state index contributed by atoms with van der Waals surface area (Å²) in [5, 5.41) is 0.913. The molecule has 1 heterocycles. The molecule has 0 spiro atoms. The van der Waals surface area contributed by atoms with Crippen molar-refractivity contribution in [1.29, 1.82) is 0 Å². The molecule has 2 aromatic carbocycles. The minimum atomic E-state index is -0.447. The molecule has 0 unspecified atom stereocenters. The van der Waals surface area contributed by atoms with Crippen LogP contribution in [-0.4, -0.2) is 49.6 Å². The Morgan fingerprint density at radius 3 is 2.26 bits per heavy atom. The zero-order valence-corrected chi connectivity index (χ0v) is 18.7. The molecule has 1 aromatic heterocycles. The van der Waals surface area contributed by atoms with E-state index >= 15 is 0 Å². The molecule has 0 saturated heterocycles. The molecule has 0 saturated carbocycles. The minimum Gasteiger partial charge on any atom is -0.494 e. The molecule has 7 nitrogen and oxygen atoms in total. The van der Waals surface area contributed by atoms with E-state index in [1.165, 1.54) is 7.05 Å². The number of amides is 3. The van der Waals surface area contributed by atoms with Crippen molar-refractivity contribution >= 4 is 28.5 Å². The van der Waals surface area contributed by atoms with Gasteiger partial charge < -0.3 is 14.5 Å². The summed E-state index contributed by atoms with van der Waals surface area (Å²) in [5.41, 5.74) is 2.67. The van der Waals surface area contributed by atoms with Gasteiger partial charge in [-0.2, -0.15) is 0 Å². The van der Waals surface area contributed by atoms with E-state index < -0.39 is 11.9 Å². The summed E-state index contributed by atoms with van der Waals surface area (Å²) in [6.07, 6.45) is 1.65. The van der Waals surface area contributed by atoms with Crippen molar-refractivity contribution in [3.05, 3.63) is 53.7 Å². The first-order valence-electron chi connectivity index (χ1n) is 10.3. The molecule has 31 heavy (non-hydrogen) atoms. The number of hydrogen-bond acceptors (Lipinski definition) is 4. The number of para-hydroxylation sites is 1. The SMILES string of the molecule is CCCCN(C(=O)N(C)C(=O)c1cc2ccccc2[nH]1)c1c(OC)cc(C)cc1OC. The number of nitrogens with zero attached hydrogens (tertiary/aromatic N) is 2. The predicted octanol–water partition coefficient (Wildman–Crippen LogP) is 4.99. The molecule has 3 amide bonds. The average Bonchev–Trinajstić information content (AvgIpc) is 3.22. The quantitative estimate of drug-likeness (QED) is 0.581. The van der Waals surface area contributed by atoms with Gasteiger partial charge in [-0.3, -0.25) is 14.6 Å². The topological polar surface area (TPSA) is 74.9 Å². The highest BCUT2D eigenvalue weighted by molar-refractivity contribution is 6.10. The molecule has 0 aliphatic rings. The number of H-pyrrole nitrogens is 1. The number of aryl methyl sites for hydroxylation is 1. The van der Waals surface area contributed by atoms with E-state index in [9.17, 15) is 9.59 Å². The van der Waals surface area contributed by atoms with Crippen LogP contribution in [0, 0.1) is 6.92 Å². The van der Waals surface area contributed by atoms with E-state index in [4.69, 9.17) is 9.47 Å². The highest BCUT2D eigenvalue weighted by atomic mass is 16.5. The molecule has 7 heteroatoms. The van der Waals surface area contributed by atoms with Gasteiger partial charge in [0.25, 0.3) is 5.91 Å². The van der Waals surface area contributed by atoms with Crippen LogP contribution in [0.15, 0.2) is 42.5 Å². The number of imide groups is 1. The van der Waals surface area contributed by atoms with E-state index in [0.717, 1.165) is 34.2 Å². The smallest absolute Gasteiger partial charge is 0.331 e. The highest BCUT2D eigenvalue weighted by Crippen LogP contribution is 2.40. The van der Waals surface area contributed by atoms with Gasteiger partial charge in [0.15, 0.2) is 0 Å². The Morgan fingerprint density at radius 1 is 1.03 bits per heavy atom. The summed E-state index contributed by atoms with van der Waals surface area (Å²) in [6, 6.07) is 12.6. The van der Waals surface area contributed by atoms with Crippen LogP contribution in [0.1, 0.15) is 35.8 Å². The van der Waals surface area contributed by atoms with E-state index in [2.05, 4.69) is 4.98 Å². The Balaban J connectivity index is 1.99. The second-order valence-corrected chi connectivity index (χ2v) is 7.44. The standard InChI is InChI=1S/C24H29N3O4/c1-6-7-12-27(22-20(30-4)13-16(2)14-21(22)31-5)24(29)26(3)23(28)19-15-17-10-8-9-11-18(17)25-19/h8-11,13-15,25H,6-7,12H2,1-5H3.